The minimum Gasteiger partial charge on any atom is -0.384 e. The van der Waals surface area contributed by atoms with Crippen LogP contribution in [0.15, 0.2) is 18.5 Å². The molecule has 1 aromatic rings. The average molecular weight is 293 g/mol. The van der Waals surface area contributed by atoms with Crippen molar-refractivity contribution in [3.8, 4) is 0 Å². The van der Waals surface area contributed by atoms with E-state index in [-0.39, 0.29) is 5.91 Å². The Labute approximate surface area is 125 Å². The highest BCUT2D eigenvalue weighted by Crippen LogP contribution is 2.24. The van der Waals surface area contributed by atoms with Crippen molar-refractivity contribution in [3.05, 3.63) is 24.0 Å². The third-order valence-electron chi connectivity index (χ3n) is 3.50. The number of carbonyl (C=O) groups excluding carboxylic acids is 1. The van der Waals surface area contributed by atoms with Gasteiger partial charge in [0.1, 0.15) is 0 Å². The number of aromatic nitrogens is 1. The van der Waals surface area contributed by atoms with Crippen LogP contribution in [0.25, 0.3) is 0 Å². The molecule has 1 aromatic heterocycles. The van der Waals surface area contributed by atoms with E-state index in [4.69, 9.17) is 0 Å². The Morgan fingerprint density at radius 2 is 2.40 bits per heavy atom. The second-order valence-corrected chi connectivity index (χ2v) is 6.41. The van der Waals surface area contributed by atoms with Crippen LogP contribution in [0.3, 0.4) is 0 Å². The lowest BCUT2D eigenvalue weighted by atomic mass is 10.2. The summed E-state index contributed by atoms with van der Waals surface area (Å²) >= 11 is 1.97. The number of anilines is 1. The zero-order chi connectivity index (χ0) is 14.4. The van der Waals surface area contributed by atoms with E-state index < -0.39 is 0 Å². The molecule has 4 nitrogen and oxygen atoms in total. The Hall–Kier alpha value is -1.23. The molecule has 0 aliphatic carbocycles. The molecule has 20 heavy (non-hydrogen) atoms. The van der Waals surface area contributed by atoms with Crippen LogP contribution in [0.2, 0.25) is 0 Å². The van der Waals surface area contributed by atoms with Gasteiger partial charge in [-0.2, -0.15) is 11.8 Å². The first kappa shape index (κ1) is 15.2. The fourth-order valence-electron chi connectivity index (χ4n) is 2.30. The molecule has 1 aliphatic rings. The van der Waals surface area contributed by atoms with E-state index in [0.29, 0.717) is 10.8 Å². The van der Waals surface area contributed by atoms with Crippen molar-refractivity contribution >= 4 is 23.4 Å². The van der Waals surface area contributed by atoms with Gasteiger partial charge in [-0.3, -0.25) is 9.78 Å². The highest BCUT2D eigenvalue weighted by molar-refractivity contribution is 8.00. The quantitative estimate of drug-likeness (QED) is 0.906. The number of nitrogens with zero attached hydrogens (tertiary/aromatic N) is 2. The van der Waals surface area contributed by atoms with Gasteiger partial charge in [-0.05, 0) is 18.9 Å². The number of hydrogen-bond acceptors (Lipinski definition) is 4. The maximum absolute atomic E-state index is 12.7. The molecule has 1 saturated heterocycles. The number of amides is 1. The highest BCUT2D eigenvalue weighted by Gasteiger charge is 2.25. The number of rotatable bonds is 5. The normalized spacial score (nSPS) is 18.9. The topological polar surface area (TPSA) is 45.2 Å². The molecule has 0 aromatic carbocycles. The summed E-state index contributed by atoms with van der Waals surface area (Å²) < 4.78 is 0. The van der Waals surface area contributed by atoms with Crippen LogP contribution in [0.4, 0.5) is 5.69 Å². The van der Waals surface area contributed by atoms with Crippen LogP contribution >= 0.6 is 11.8 Å². The van der Waals surface area contributed by atoms with Gasteiger partial charge < -0.3 is 10.2 Å². The largest absolute Gasteiger partial charge is 0.384 e. The monoisotopic (exact) mass is 293 g/mol. The molecule has 2 rings (SSSR count). The van der Waals surface area contributed by atoms with E-state index in [1.54, 1.807) is 12.4 Å². The second kappa shape index (κ2) is 7.53. The maximum Gasteiger partial charge on any atom is 0.257 e. The van der Waals surface area contributed by atoms with Gasteiger partial charge in [0.25, 0.3) is 5.91 Å². The van der Waals surface area contributed by atoms with Crippen molar-refractivity contribution in [2.24, 2.45) is 0 Å². The number of carbonyl (C=O) groups is 1. The van der Waals surface area contributed by atoms with E-state index >= 15 is 0 Å². The molecule has 1 aliphatic heterocycles. The van der Waals surface area contributed by atoms with Crippen LogP contribution in [0, 0.1) is 0 Å². The van der Waals surface area contributed by atoms with Crippen molar-refractivity contribution in [2.45, 2.75) is 31.9 Å². The van der Waals surface area contributed by atoms with Gasteiger partial charge in [-0.25, -0.2) is 0 Å². The second-order valence-electron chi connectivity index (χ2n) is 5.00. The Morgan fingerprint density at radius 3 is 3.15 bits per heavy atom. The summed E-state index contributed by atoms with van der Waals surface area (Å²) in [5.74, 6) is 1.14. The first-order valence-electron chi connectivity index (χ1n) is 7.35. The predicted molar refractivity (Wildman–Crippen MR) is 85.5 cm³/mol. The Balaban J connectivity index is 2.11. The minimum absolute atomic E-state index is 0.107. The number of nitrogens with one attached hydrogen (secondary N) is 1. The first-order valence-corrected chi connectivity index (χ1v) is 8.39. The third-order valence-corrected chi connectivity index (χ3v) is 4.87. The smallest absolute Gasteiger partial charge is 0.257 e. The van der Waals surface area contributed by atoms with Crippen LogP contribution in [-0.4, -0.2) is 46.4 Å². The molecule has 1 fully saturated rings. The average Bonchev–Trinajstić information content (AvgIpc) is 2.52. The fourth-order valence-corrected chi connectivity index (χ4v) is 3.48. The summed E-state index contributed by atoms with van der Waals surface area (Å²) in [6.45, 7) is 6.86. The van der Waals surface area contributed by atoms with Crippen molar-refractivity contribution < 1.29 is 4.79 Å². The van der Waals surface area contributed by atoms with Gasteiger partial charge in [0, 0.05) is 43.0 Å². The van der Waals surface area contributed by atoms with Gasteiger partial charge >= 0.3 is 0 Å². The Bertz CT molecular complexity index is 452. The third kappa shape index (κ3) is 3.66. The summed E-state index contributed by atoms with van der Waals surface area (Å²) in [6, 6.07) is 1.89. The van der Waals surface area contributed by atoms with Crippen LogP contribution in [0.1, 0.15) is 37.0 Å². The molecule has 2 heterocycles. The van der Waals surface area contributed by atoms with Crippen molar-refractivity contribution in [1.82, 2.24) is 9.88 Å². The van der Waals surface area contributed by atoms with Gasteiger partial charge in [-0.1, -0.05) is 13.8 Å². The number of pyridine rings is 1. The van der Waals surface area contributed by atoms with E-state index in [1.807, 2.05) is 22.7 Å². The number of hydrogen-bond donors (Lipinski definition) is 1. The zero-order valence-corrected chi connectivity index (χ0v) is 13.1. The molecule has 0 radical (unpaired) electrons. The van der Waals surface area contributed by atoms with Crippen molar-refractivity contribution in [2.75, 3.05) is 30.7 Å². The summed E-state index contributed by atoms with van der Waals surface area (Å²) in [5, 5.41) is 3.88. The van der Waals surface area contributed by atoms with E-state index in [1.165, 1.54) is 0 Å². The van der Waals surface area contributed by atoms with E-state index in [2.05, 4.69) is 24.1 Å². The SMILES string of the molecule is CCCNc1ccncc1C(=O)N1CCSC(CC)C1. The molecule has 1 amide bonds. The van der Waals surface area contributed by atoms with Crippen LogP contribution < -0.4 is 5.32 Å². The lowest BCUT2D eigenvalue weighted by Crippen LogP contribution is -2.42. The molecule has 1 atom stereocenters. The Morgan fingerprint density at radius 1 is 1.55 bits per heavy atom. The Kier molecular flexibility index (Phi) is 5.71. The standard InChI is InChI=1S/C15H23N3OS/c1-3-6-17-14-5-7-16-10-13(14)15(19)18-8-9-20-12(4-2)11-18/h5,7,10,12H,3-4,6,8-9,11H2,1-2H3,(H,16,17). The molecular formula is C15H23N3OS. The molecule has 1 N–H and O–H groups in total. The molecular weight excluding hydrogens is 270 g/mol. The molecule has 0 spiro atoms. The van der Waals surface area contributed by atoms with E-state index in [0.717, 1.165) is 43.9 Å². The van der Waals surface area contributed by atoms with E-state index in [9.17, 15) is 4.79 Å². The van der Waals surface area contributed by atoms with Gasteiger partial charge in [-0.15, -0.1) is 0 Å². The minimum atomic E-state index is 0.107. The fraction of sp³-hybridized carbons (Fsp3) is 0.600. The summed E-state index contributed by atoms with van der Waals surface area (Å²) in [4.78, 5) is 18.8. The van der Waals surface area contributed by atoms with Crippen LogP contribution in [0.5, 0.6) is 0 Å². The lowest BCUT2D eigenvalue weighted by molar-refractivity contribution is 0.0761. The number of thioether (sulfide) groups is 1. The zero-order valence-electron chi connectivity index (χ0n) is 12.3. The highest BCUT2D eigenvalue weighted by atomic mass is 32.2. The van der Waals surface area contributed by atoms with Gasteiger partial charge in [0.15, 0.2) is 0 Å². The maximum atomic E-state index is 12.7. The summed E-state index contributed by atoms with van der Waals surface area (Å²) in [5.41, 5.74) is 1.60. The van der Waals surface area contributed by atoms with Crippen LogP contribution in [-0.2, 0) is 0 Å². The molecule has 110 valence electrons. The van der Waals surface area contributed by atoms with Gasteiger partial charge in [0.2, 0.25) is 0 Å². The van der Waals surface area contributed by atoms with Crippen molar-refractivity contribution in [3.63, 3.8) is 0 Å². The summed E-state index contributed by atoms with van der Waals surface area (Å²) in [6.07, 6.45) is 5.56. The molecule has 1 unspecified atom stereocenters. The van der Waals surface area contributed by atoms with Crippen molar-refractivity contribution in [1.29, 1.82) is 0 Å². The molecule has 0 bridgehead atoms. The lowest BCUT2D eigenvalue weighted by Gasteiger charge is -2.32. The first-order chi connectivity index (χ1) is 9.76. The predicted octanol–water partition coefficient (Wildman–Crippen LogP) is 2.87. The summed E-state index contributed by atoms with van der Waals surface area (Å²) in [7, 11) is 0. The molecule has 0 saturated carbocycles. The molecule has 5 heteroatoms. The van der Waals surface area contributed by atoms with Gasteiger partial charge in [0.05, 0.1) is 11.3 Å².